The number of hydrogen-bond donors (Lipinski definition) is 0. The van der Waals surface area contributed by atoms with Gasteiger partial charge in [-0.3, -0.25) is 0 Å². The molecule has 6 heteroatoms. The van der Waals surface area contributed by atoms with Gasteiger partial charge >= 0.3 is 5.63 Å². The van der Waals surface area contributed by atoms with Gasteiger partial charge in [-0.2, -0.15) is 0 Å². The first kappa shape index (κ1) is 25.1. The lowest BCUT2D eigenvalue weighted by Gasteiger charge is -2.34. The smallest absolute Gasteiger partial charge is 0.336 e. The summed E-state index contributed by atoms with van der Waals surface area (Å²) in [4.78, 5) is 14.0. The van der Waals surface area contributed by atoms with Gasteiger partial charge < -0.3 is 23.5 Å². The van der Waals surface area contributed by atoms with Crippen molar-refractivity contribution in [1.29, 1.82) is 0 Å². The second kappa shape index (κ2) is 12.1. The minimum Gasteiger partial charge on any atom is -0.493 e. The second-order valence-electron chi connectivity index (χ2n) is 9.38. The topological polar surface area (TPSA) is 61.1 Å². The number of benzene rings is 3. The van der Waals surface area contributed by atoms with Crippen molar-refractivity contribution in [3.63, 3.8) is 0 Å². The van der Waals surface area contributed by atoms with Crippen LogP contribution in [0.15, 0.2) is 94.1 Å². The summed E-state index contributed by atoms with van der Waals surface area (Å²) in [5, 5.41) is 0.802. The number of fused-ring (bicyclic) bond motifs is 1. The Hall–Kier alpha value is -3.61. The van der Waals surface area contributed by atoms with Gasteiger partial charge in [-0.05, 0) is 42.5 Å². The maximum absolute atomic E-state index is 11.6. The van der Waals surface area contributed by atoms with E-state index < -0.39 is 0 Å². The molecule has 0 N–H and O–H groups in total. The predicted octanol–water partition coefficient (Wildman–Crippen LogP) is 5.84. The molecular formula is C31H33NO5. The maximum Gasteiger partial charge on any atom is 0.336 e. The fourth-order valence-electron chi connectivity index (χ4n) is 4.89. The van der Waals surface area contributed by atoms with Crippen LogP contribution in [0.1, 0.15) is 36.5 Å². The molecule has 5 rings (SSSR count). The molecule has 6 nitrogen and oxygen atoms in total. The number of ether oxygens (including phenoxy) is 3. The summed E-state index contributed by atoms with van der Waals surface area (Å²) in [5.41, 5.74) is 2.50. The van der Waals surface area contributed by atoms with E-state index in [1.165, 1.54) is 17.2 Å². The highest BCUT2D eigenvalue weighted by Crippen LogP contribution is 2.32. The molecule has 1 aliphatic heterocycles. The molecule has 0 spiro atoms. The lowest BCUT2D eigenvalue weighted by Crippen LogP contribution is -2.38. The molecule has 0 radical (unpaired) electrons. The van der Waals surface area contributed by atoms with Crippen LogP contribution in [-0.4, -0.2) is 44.4 Å². The van der Waals surface area contributed by atoms with Crippen molar-refractivity contribution in [3.05, 3.63) is 106 Å². The van der Waals surface area contributed by atoms with Crippen molar-refractivity contribution in [3.8, 4) is 11.5 Å². The molecule has 0 saturated carbocycles. The van der Waals surface area contributed by atoms with E-state index in [0.717, 1.165) is 44.3 Å². The summed E-state index contributed by atoms with van der Waals surface area (Å²) in [6.07, 6.45) is 3.09. The maximum atomic E-state index is 11.6. The highest BCUT2D eigenvalue weighted by Gasteiger charge is 2.24. The van der Waals surface area contributed by atoms with Crippen LogP contribution in [-0.2, 0) is 4.74 Å². The number of likely N-dealkylation sites (tertiary alicyclic amines) is 1. The molecule has 192 valence electrons. The van der Waals surface area contributed by atoms with Gasteiger partial charge in [-0.25, -0.2) is 4.79 Å². The number of hydrogen-bond acceptors (Lipinski definition) is 6. The van der Waals surface area contributed by atoms with E-state index in [1.54, 1.807) is 19.2 Å². The molecule has 1 saturated heterocycles. The van der Waals surface area contributed by atoms with Crippen molar-refractivity contribution < 1.29 is 18.6 Å². The first-order valence-corrected chi connectivity index (χ1v) is 12.9. The van der Waals surface area contributed by atoms with Gasteiger partial charge in [0.1, 0.15) is 11.7 Å². The molecule has 1 aromatic heterocycles. The Labute approximate surface area is 217 Å². The van der Waals surface area contributed by atoms with Crippen LogP contribution in [0.2, 0.25) is 0 Å². The van der Waals surface area contributed by atoms with Crippen LogP contribution < -0.4 is 15.1 Å². The molecule has 0 amide bonds. The molecule has 0 atom stereocenters. The lowest BCUT2D eigenvalue weighted by atomic mass is 10.00. The summed E-state index contributed by atoms with van der Waals surface area (Å²) >= 11 is 0. The largest absolute Gasteiger partial charge is 0.493 e. The van der Waals surface area contributed by atoms with E-state index in [0.29, 0.717) is 23.7 Å². The lowest BCUT2D eigenvalue weighted by molar-refractivity contribution is -0.0273. The molecule has 4 aromatic rings. The van der Waals surface area contributed by atoms with Gasteiger partial charge in [-0.15, -0.1) is 0 Å². The van der Waals surface area contributed by atoms with Crippen LogP contribution in [0.5, 0.6) is 11.5 Å². The van der Waals surface area contributed by atoms with Crippen LogP contribution in [0.25, 0.3) is 11.0 Å². The normalized spacial score (nSPS) is 14.8. The minimum atomic E-state index is -0.380. The Morgan fingerprint density at radius 2 is 1.57 bits per heavy atom. The van der Waals surface area contributed by atoms with Gasteiger partial charge in [0.15, 0.2) is 11.5 Å². The number of nitrogens with zero attached hydrogens (tertiary/aromatic N) is 1. The molecule has 1 aliphatic rings. The molecule has 2 heterocycles. The monoisotopic (exact) mass is 499 g/mol. The minimum absolute atomic E-state index is 0.0475. The van der Waals surface area contributed by atoms with Crippen LogP contribution >= 0.6 is 0 Å². The average Bonchev–Trinajstić information content (AvgIpc) is 2.95. The van der Waals surface area contributed by atoms with Gasteiger partial charge in [0.25, 0.3) is 0 Å². The number of methoxy groups -OCH3 is 1. The van der Waals surface area contributed by atoms with Crippen molar-refractivity contribution >= 4 is 11.0 Å². The van der Waals surface area contributed by atoms with Crippen LogP contribution in [0.4, 0.5) is 0 Å². The highest BCUT2D eigenvalue weighted by atomic mass is 16.5. The Bertz CT molecular complexity index is 1290. The third kappa shape index (κ3) is 6.40. The van der Waals surface area contributed by atoms with Crippen molar-refractivity contribution in [2.75, 3.05) is 33.4 Å². The van der Waals surface area contributed by atoms with Crippen LogP contribution in [0.3, 0.4) is 0 Å². The fourth-order valence-corrected chi connectivity index (χ4v) is 4.89. The molecule has 3 aromatic carbocycles. The quantitative estimate of drug-likeness (QED) is 0.202. The van der Waals surface area contributed by atoms with Crippen LogP contribution in [0, 0.1) is 0 Å². The van der Waals surface area contributed by atoms with E-state index >= 15 is 0 Å². The summed E-state index contributed by atoms with van der Waals surface area (Å²) in [6, 6.07) is 27.6. The van der Waals surface area contributed by atoms with E-state index in [-0.39, 0.29) is 17.8 Å². The average molecular weight is 500 g/mol. The third-order valence-electron chi connectivity index (χ3n) is 6.85. The van der Waals surface area contributed by atoms with E-state index in [2.05, 4.69) is 53.4 Å². The van der Waals surface area contributed by atoms with Gasteiger partial charge in [0.2, 0.25) is 0 Å². The summed E-state index contributed by atoms with van der Waals surface area (Å²) < 4.78 is 23.4. The summed E-state index contributed by atoms with van der Waals surface area (Å²) in [7, 11) is 1.61. The Morgan fingerprint density at radius 1 is 0.892 bits per heavy atom. The Morgan fingerprint density at radius 3 is 2.22 bits per heavy atom. The van der Waals surface area contributed by atoms with Crippen molar-refractivity contribution in [2.45, 2.75) is 31.5 Å². The third-order valence-corrected chi connectivity index (χ3v) is 6.85. The first-order chi connectivity index (χ1) is 18.2. The number of piperidine rings is 1. The van der Waals surface area contributed by atoms with Gasteiger partial charge in [-0.1, -0.05) is 60.7 Å². The van der Waals surface area contributed by atoms with Gasteiger partial charge in [0.05, 0.1) is 19.8 Å². The molecule has 0 aliphatic carbocycles. The second-order valence-corrected chi connectivity index (χ2v) is 9.38. The SMILES string of the molecule is COc1cc2ccc(=O)oc2cc1OCCCN1CCC(OC(c2ccccc2)c2ccccc2)CC1. The standard InChI is InChI=1S/C31H33NO5/c1-34-28-21-25-13-14-30(33)37-27(25)22-29(28)35-20-8-17-32-18-15-26(16-19-32)36-31(23-9-4-2-5-10-23)24-11-6-3-7-12-24/h2-7,9-14,21-22,26,31H,8,15-20H2,1H3. The Kier molecular flexibility index (Phi) is 8.18. The molecule has 37 heavy (non-hydrogen) atoms. The zero-order chi connectivity index (χ0) is 25.5. The molecule has 0 unspecified atom stereocenters. The molecule has 0 bridgehead atoms. The zero-order valence-corrected chi connectivity index (χ0v) is 21.2. The predicted molar refractivity (Wildman–Crippen MR) is 144 cm³/mol. The Balaban J connectivity index is 1.11. The first-order valence-electron chi connectivity index (χ1n) is 12.9. The fraction of sp³-hybridized carbons (Fsp3) is 0.323. The molecule has 1 fully saturated rings. The van der Waals surface area contributed by atoms with Crippen molar-refractivity contribution in [1.82, 2.24) is 4.90 Å². The van der Waals surface area contributed by atoms with E-state index in [9.17, 15) is 4.79 Å². The van der Waals surface area contributed by atoms with E-state index in [4.69, 9.17) is 18.6 Å². The number of rotatable bonds is 10. The van der Waals surface area contributed by atoms with Gasteiger partial charge in [0, 0.05) is 37.2 Å². The van der Waals surface area contributed by atoms with Crippen molar-refractivity contribution in [2.24, 2.45) is 0 Å². The summed E-state index contributed by atoms with van der Waals surface area (Å²) in [6.45, 7) is 3.52. The zero-order valence-electron chi connectivity index (χ0n) is 21.2. The molecular weight excluding hydrogens is 466 g/mol. The van der Waals surface area contributed by atoms with E-state index in [1.807, 2.05) is 18.2 Å². The highest BCUT2D eigenvalue weighted by molar-refractivity contribution is 5.80. The summed E-state index contributed by atoms with van der Waals surface area (Å²) in [5.74, 6) is 1.22.